The van der Waals surface area contributed by atoms with Crippen LogP contribution in [0.4, 0.5) is 0 Å². The number of carbonyl (C=O) groups excluding carboxylic acids is 1. The van der Waals surface area contributed by atoms with Crippen LogP contribution in [0.2, 0.25) is 0 Å². The number of amides is 1. The molecule has 2 atom stereocenters. The molecule has 0 radical (unpaired) electrons. The minimum Gasteiger partial charge on any atom is -0.338 e. The van der Waals surface area contributed by atoms with E-state index in [1.807, 2.05) is 30.7 Å². The van der Waals surface area contributed by atoms with E-state index in [2.05, 4.69) is 61.6 Å². The van der Waals surface area contributed by atoms with Crippen LogP contribution in [-0.2, 0) is 17.9 Å². The molecule has 5 rings (SSSR count). The van der Waals surface area contributed by atoms with E-state index in [1.165, 1.54) is 11.3 Å². The monoisotopic (exact) mass is 444 g/mol. The first kappa shape index (κ1) is 21.8. The predicted molar refractivity (Wildman–Crippen MR) is 126 cm³/mol. The van der Waals surface area contributed by atoms with Crippen LogP contribution < -0.4 is 0 Å². The van der Waals surface area contributed by atoms with Crippen LogP contribution >= 0.6 is 0 Å². The molecule has 3 aromatic rings. The normalized spacial score (nSPS) is 23.7. The van der Waals surface area contributed by atoms with Crippen LogP contribution in [0.25, 0.3) is 0 Å². The second kappa shape index (κ2) is 9.06. The lowest BCUT2D eigenvalue weighted by atomic mass is 9.70. The molecule has 5 heterocycles. The Hall–Kier alpha value is -3.06. The van der Waals surface area contributed by atoms with Crippen molar-refractivity contribution in [1.29, 1.82) is 0 Å². The molecule has 1 spiro atoms. The molecule has 2 aliphatic rings. The van der Waals surface area contributed by atoms with Crippen LogP contribution in [0.3, 0.4) is 0 Å². The molecule has 7 heteroatoms. The van der Waals surface area contributed by atoms with E-state index in [9.17, 15) is 4.79 Å². The Balaban J connectivity index is 1.48. The molecular formula is C26H32N6O. The Bertz CT molecular complexity index is 1080. The lowest BCUT2D eigenvalue weighted by Gasteiger charge is -2.42. The quantitative estimate of drug-likeness (QED) is 0.580. The van der Waals surface area contributed by atoms with Gasteiger partial charge >= 0.3 is 0 Å². The average molecular weight is 445 g/mol. The van der Waals surface area contributed by atoms with Gasteiger partial charge in [-0.15, -0.1) is 0 Å². The lowest BCUT2D eigenvalue weighted by Crippen LogP contribution is -2.52. The number of likely N-dealkylation sites (tertiary alicyclic amines) is 2. The third kappa shape index (κ3) is 4.17. The maximum absolute atomic E-state index is 14.2. The lowest BCUT2D eigenvalue weighted by molar-refractivity contribution is -0.147. The van der Waals surface area contributed by atoms with Gasteiger partial charge in [-0.1, -0.05) is 12.1 Å². The molecule has 0 N–H and O–H groups in total. The molecule has 1 amide bonds. The summed E-state index contributed by atoms with van der Waals surface area (Å²) in [7, 11) is 0. The van der Waals surface area contributed by atoms with Crippen molar-refractivity contribution in [2.45, 2.75) is 51.7 Å². The van der Waals surface area contributed by atoms with Gasteiger partial charge < -0.3 is 4.90 Å². The molecule has 0 unspecified atom stereocenters. The number of hydrogen-bond acceptors (Lipinski definition) is 5. The standard InChI is InChI=1S/C26H32N6O/c1-20(2)32-24(8-12-29-32)23-18-30(16-21-6-3-10-27-14-21)19-26(23)9-5-13-31(25(26)33)17-22-7-4-11-28-15-22/h3-4,6-8,10-12,14-15,20,23H,5,9,13,16-19H2,1-2H3/t23-,26+/m0/s1. The highest BCUT2D eigenvalue weighted by molar-refractivity contribution is 5.85. The fourth-order valence-corrected chi connectivity index (χ4v) is 5.73. The van der Waals surface area contributed by atoms with Crippen molar-refractivity contribution in [2.75, 3.05) is 19.6 Å². The van der Waals surface area contributed by atoms with Crippen molar-refractivity contribution >= 4 is 5.91 Å². The largest absolute Gasteiger partial charge is 0.338 e. The molecular weight excluding hydrogens is 412 g/mol. The zero-order chi connectivity index (χ0) is 22.8. The number of pyridine rings is 2. The minimum atomic E-state index is -0.435. The Kier molecular flexibility index (Phi) is 5.98. The molecule has 0 saturated carbocycles. The summed E-state index contributed by atoms with van der Waals surface area (Å²) in [5.41, 5.74) is 3.00. The minimum absolute atomic E-state index is 0.114. The van der Waals surface area contributed by atoms with E-state index in [1.54, 1.807) is 12.4 Å². The van der Waals surface area contributed by atoms with E-state index in [0.29, 0.717) is 6.54 Å². The maximum Gasteiger partial charge on any atom is 0.231 e. The molecule has 0 bridgehead atoms. The summed E-state index contributed by atoms with van der Waals surface area (Å²) in [6, 6.07) is 10.5. The van der Waals surface area contributed by atoms with Crippen molar-refractivity contribution in [3.05, 3.63) is 78.1 Å². The first-order valence-corrected chi connectivity index (χ1v) is 11.9. The van der Waals surface area contributed by atoms with Crippen LogP contribution in [0.5, 0.6) is 0 Å². The van der Waals surface area contributed by atoms with E-state index in [4.69, 9.17) is 0 Å². The Morgan fingerprint density at radius 1 is 1.03 bits per heavy atom. The Labute approximate surface area is 195 Å². The third-order valence-corrected chi connectivity index (χ3v) is 7.15. The van der Waals surface area contributed by atoms with Gasteiger partial charge in [0.25, 0.3) is 0 Å². The number of carbonyl (C=O) groups is 1. The summed E-state index contributed by atoms with van der Waals surface area (Å²) in [5.74, 6) is 0.385. The fourth-order valence-electron chi connectivity index (χ4n) is 5.73. The summed E-state index contributed by atoms with van der Waals surface area (Å²) in [6.45, 7) is 8.14. The predicted octanol–water partition coefficient (Wildman–Crippen LogP) is 3.66. The molecule has 2 aliphatic heterocycles. The molecule has 0 aromatic carbocycles. The maximum atomic E-state index is 14.2. The van der Waals surface area contributed by atoms with Crippen molar-refractivity contribution in [2.24, 2.45) is 5.41 Å². The molecule has 33 heavy (non-hydrogen) atoms. The van der Waals surface area contributed by atoms with Gasteiger partial charge in [-0.3, -0.25) is 24.3 Å². The third-order valence-electron chi connectivity index (χ3n) is 7.15. The van der Waals surface area contributed by atoms with Crippen molar-refractivity contribution in [3.8, 4) is 0 Å². The van der Waals surface area contributed by atoms with Crippen LogP contribution in [0, 0.1) is 5.41 Å². The SMILES string of the molecule is CC(C)n1nccc1[C@@H]1CN(Cc2cccnc2)C[C@]12CCCN(Cc1cccnc1)C2=O. The van der Waals surface area contributed by atoms with Gasteiger partial charge in [-0.2, -0.15) is 5.10 Å². The molecule has 172 valence electrons. The van der Waals surface area contributed by atoms with E-state index >= 15 is 0 Å². The van der Waals surface area contributed by atoms with Gasteiger partial charge in [0.1, 0.15) is 0 Å². The summed E-state index contributed by atoms with van der Waals surface area (Å²) in [5, 5.41) is 4.61. The number of piperidine rings is 1. The van der Waals surface area contributed by atoms with Crippen LogP contribution in [0.1, 0.15) is 55.5 Å². The molecule has 7 nitrogen and oxygen atoms in total. The van der Waals surface area contributed by atoms with E-state index < -0.39 is 5.41 Å². The summed E-state index contributed by atoms with van der Waals surface area (Å²) in [6.07, 6.45) is 11.2. The zero-order valence-electron chi connectivity index (χ0n) is 19.5. The summed E-state index contributed by atoms with van der Waals surface area (Å²) in [4.78, 5) is 27.2. The van der Waals surface area contributed by atoms with Crippen molar-refractivity contribution in [3.63, 3.8) is 0 Å². The van der Waals surface area contributed by atoms with Gasteiger partial charge in [0, 0.05) is 81.4 Å². The van der Waals surface area contributed by atoms with Crippen molar-refractivity contribution in [1.82, 2.24) is 29.5 Å². The Morgan fingerprint density at radius 2 is 1.76 bits per heavy atom. The molecule has 2 saturated heterocycles. The van der Waals surface area contributed by atoms with Gasteiger partial charge in [0.15, 0.2) is 0 Å². The topological polar surface area (TPSA) is 67.2 Å². The number of rotatable bonds is 6. The summed E-state index contributed by atoms with van der Waals surface area (Å²) < 4.78 is 2.10. The number of nitrogens with zero attached hydrogens (tertiary/aromatic N) is 6. The molecule has 2 fully saturated rings. The van der Waals surface area contributed by atoms with E-state index in [0.717, 1.165) is 44.6 Å². The van der Waals surface area contributed by atoms with Crippen LogP contribution in [-0.4, -0.2) is 55.1 Å². The average Bonchev–Trinajstić information content (AvgIpc) is 3.44. The van der Waals surface area contributed by atoms with Crippen LogP contribution in [0.15, 0.2) is 61.3 Å². The first-order valence-electron chi connectivity index (χ1n) is 11.9. The highest BCUT2D eigenvalue weighted by atomic mass is 16.2. The van der Waals surface area contributed by atoms with Gasteiger partial charge in [-0.05, 0) is 56.0 Å². The van der Waals surface area contributed by atoms with Gasteiger partial charge in [-0.25, -0.2) is 0 Å². The number of hydrogen-bond donors (Lipinski definition) is 0. The van der Waals surface area contributed by atoms with Gasteiger partial charge in [0.05, 0.1) is 5.41 Å². The van der Waals surface area contributed by atoms with Gasteiger partial charge in [0.2, 0.25) is 5.91 Å². The zero-order valence-corrected chi connectivity index (χ0v) is 19.5. The second-order valence-electron chi connectivity index (χ2n) is 9.73. The molecule has 0 aliphatic carbocycles. The highest BCUT2D eigenvalue weighted by Gasteiger charge is 2.56. The number of aromatic nitrogens is 4. The first-order chi connectivity index (χ1) is 16.1. The summed E-state index contributed by atoms with van der Waals surface area (Å²) >= 11 is 0. The van der Waals surface area contributed by atoms with Crippen molar-refractivity contribution < 1.29 is 4.79 Å². The van der Waals surface area contributed by atoms with E-state index in [-0.39, 0.29) is 17.9 Å². The molecule has 3 aromatic heterocycles. The Morgan fingerprint density at radius 3 is 2.42 bits per heavy atom. The smallest absolute Gasteiger partial charge is 0.231 e. The fraction of sp³-hybridized carbons (Fsp3) is 0.462. The highest BCUT2D eigenvalue weighted by Crippen LogP contribution is 2.50. The second-order valence-corrected chi connectivity index (χ2v) is 9.73.